The third kappa shape index (κ3) is 4.48. The van der Waals surface area contributed by atoms with Crippen molar-refractivity contribution in [2.75, 3.05) is 12.3 Å². The first-order valence-electron chi connectivity index (χ1n) is 7.27. The van der Waals surface area contributed by atoms with Gasteiger partial charge < -0.3 is 5.32 Å². The van der Waals surface area contributed by atoms with E-state index < -0.39 is 9.84 Å². The molecule has 0 saturated heterocycles. The summed E-state index contributed by atoms with van der Waals surface area (Å²) in [5.41, 5.74) is 0.355. The van der Waals surface area contributed by atoms with E-state index in [1.165, 1.54) is 12.8 Å². The lowest BCUT2D eigenvalue weighted by Crippen LogP contribution is -2.37. The minimum atomic E-state index is -3.17. The largest absolute Gasteiger partial charge is 0.355 e. The lowest BCUT2D eigenvalue weighted by atomic mass is 9.72. The summed E-state index contributed by atoms with van der Waals surface area (Å²) >= 11 is 0. The number of carbonyl (C=O) groups excluding carboxylic acids is 1. The van der Waals surface area contributed by atoms with E-state index in [2.05, 4.69) is 19.2 Å². The summed E-state index contributed by atoms with van der Waals surface area (Å²) in [4.78, 5) is 11.7. The summed E-state index contributed by atoms with van der Waals surface area (Å²) in [6, 6.07) is 0. The summed E-state index contributed by atoms with van der Waals surface area (Å²) in [5.74, 6) is -0.153. The number of hydrogen-bond acceptors (Lipinski definition) is 3. The summed E-state index contributed by atoms with van der Waals surface area (Å²) in [7, 11) is -3.17. The molecule has 0 bridgehead atoms. The number of carbonyl (C=O) groups is 1. The van der Waals surface area contributed by atoms with Crippen LogP contribution in [-0.2, 0) is 14.6 Å². The first-order valence-corrected chi connectivity index (χ1v) is 8.98. The zero-order valence-corrected chi connectivity index (χ0v) is 12.8. The molecule has 0 aromatic rings. The summed E-state index contributed by atoms with van der Waals surface area (Å²) in [5, 5.41) is 2.57. The molecule has 1 unspecified atom stereocenters. The van der Waals surface area contributed by atoms with E-state index in [-0.39, 0.29) is 16.9 Å². The van der Waals surface area contributed by atoms with Gasteiger partial charge in [0.15, 0.2) is 9.84 Å². The van der Waals surface area contributed by atoms with Gasteiger partial charge >= 0.3 is 0 Å². The molecule has 19 heavy (non-hydrogen) atoms. The van der Waals surface area contributed by atoms with Crippen molar-refractivity contribution in [1.29, 1.82) is 0 Å². The molecule has 2 rings (SSSR count). The molecule has 110 valence electrons. The Morgan fingerprint density at radius 2 is 1.95 bits per heavy atom. The van der Waals surface area contributed by atoms with Gasteiger partial charge in [-0.15, -0.1) is 0 Å². The first kappa shape index (κ1) is 14.8. The van der Waals surface area contributed by atoms with Crippen LogP contribution in [0, 0.1) is 11.3 Å². The normalized spacial score (nSPS) is 26.9. The Kier molecular flexibility index (Phi) is 4.23. The first-order chi connectivity index (χ1) is 8.78. The van der Waals surface area contributed by atoms with Crippen molar-refractivity contribution in [3.63, 3.8) is 0 Å². The van der Waals surface area contributed by atoms with Gasteiger partial charge in [0.25, 0.3) is 0 Å². The van der Waals surface area contributed by atoms with Crippen molar-refractivity contribution < 1.29 is 13.2 Å². The van der Waals surface area contributed by atoms with Crippen molar-refractivity contribution in [3.05, 3.63) is 0 Å². The zero-order valence-electron chi connectivity index (χ0n) is 11.9. The van der Waals surface area contributed by atoms with Gasteiger partial charge in [-0.3, -0.25) is 4.79 Å². The molecule has 2 saturated carbocycles. The molecule has 0 spiro atoms. The van der Waals surface area contributed by atoms with Crippen LogP contribution in [0.4, 0.5) is 0 Å². The van der Waals surface area contributed by atoms with E-state index in [9.17, 15) is 13.2 Å². The molecule has 0 aromatic carbocycles. The molecule has 2 fully saturated rings. The molecule has 0 heterocycles. The van der Waals surface area contributed by atoms with Gasteiger partial charge in [-0.25, -0.2) is 8.42 Å². The van der Waals surface area contributed by atoms with Gasteiger partial charge in [0.1, 0.15) is 5.75 Å². The highest BCUT2D eigenvalue weighted by molar-refractivity contribution is 7.93. The maximum absolute atomic E-state index is 11.7. The lowest BCUT2D eigenvalue weighted by molar-refractivity contribution is -0.118. The van der Waals surface area contributed by atoms with Crippen molar-refractivity contribution in [1.82, 2.24) is 5.32 Å². The molecule has 1 amide bonds. The predicted octanol–water partition coefficient (Wildman–Crippen LogP) is 1.90. The van der Waals surface area contributed by atoms with Crippen molar-refractivity contribution in [2.24, 2.45) is 11.3 Å². The predicted molar refractivity (Wildman–Crippen MR) is 75.6 cm³/mol. The topological polar surface area (TPSA) is 63.2 Å². The number of hydrogen-bond donors (Lipinski definition) is 1. The molecule has 2 aliphatic carbocycles. The minimum Gasteiger partial charge on any atom is -0.355 e. The molecule has 0 aliphatic heterocycles. The van der Waals surface area contributed by atoms with Crippen LogP contribution in [0.15, 0.2) is 0 Å². The summed E-state index contributed by atoms with van der Waals surface area (Å²) < 4.78 is 23.4. The van der Waals surface area contributed by atoms with Crippen molar-refractivity contribution in [3.8, 4) is 0 Å². The van der Waals surface area contributed by atoms with Crippen LogP contribution >= 0.6 is 0 Å². The van der Waals surface area contributed by atoms with Crippen LogP contribution in [0.5, 0.6) is 0 Å². The van der Waals surface area contributed by atoms with Crippen molar-refractivity contribution in [2.45, 2.75) is 57.6 Å². The fourth-order valence-electron chi connectivity index (χ4n) is 3.07. The van der Waals surface area contributed by atoms with Crippen LogP contribution < -0.4 is 5.32 Å². The van der Waals surface area contributed by atoms with E-state index in [0.717, 1.165) is 25.7 Å². The average Bonchev–Trinajstić information content (AvgIpc) is 3.08. The highest BCUT2D eigenvalue weighted by Gasteiger charge is 2.37. The fraction of sp³-hybridized carbons (Fsp3) is 0.929. The monoisotopic (exact) mass is 287 g/mol. The fourth-order valence-corrected chi connectivity index (χ4v) is 4.62. The Morgan fingerprint density at radius 1 is 1.26 bits per heavy atom. The van der Waals surface area contributed by atoms with E-state index in [1.807, 2.05) is 0 Å². The molecule has 0 radical (unpaired) electrons. The van der Waals surface area contributed by atoms with Gasteiger partial charge in [0.2, 0.25) is 5.91 Å². The van der Waals surface area contributed by atoms with Crippen LogP contribution in [0.3, 0.4) is 0 Å². The molecular weight excluding hydrogens is 262 g/mol. The second kappa shape index (κ2) is 5.43. The number of sulfone groups is 1. The van der Waals surface area contributed by atoms with Gasteiger partial charge in [0, 0.05) is 6.54 Å². The molecular formula is C14H25NO3S. The molecule has 0 aromatic heterocycles. The number of nitrogens with one attached hydrogen (secondary N) is 1. The van der Waals surface area contributed by atoms with Gasteiger partial charge in [0.05, 0.1) is 5.25 Å². The van der Waals surface area contributed by atoms with Crippen LogP contribution in [0.1, 0.15) is 52.4 Å². The third-order valence-electron chi connectivity index (χ3n) is 4.26. The van der Waals surface area contributed by atoms with Gasteiger partial charge in [-0.1, -0.05) is 20.3 Å². The standard InChI is InChI=1S/C14H25NO3S/c1-14(2)7-3-4-11(8-14)9-15-13(16)10-19(17,18)12-5-6-12/h11-12H,3-10H2,1-2H3,(H,15,16). The Balaban J connectivity index is 1.74. The lowest BCUT2D eigenvalue weighted by Gasteiger charge is -2.35. The molecule has 1 atom stereocenters. The van der Waals surface area contributed by atoms with E-state index in [4.69, 9.17) is 0 Å². The zero-order chi connectivity index (χ0) is 14.1. The average molecular weight is 287 g/mol. The summed E-state index contributed by atoms with van der Waals surface area (Å²) in [6.45, 7) is 5.15. The van der Waals surface area contributed by atoms with Crippen molar-refractivity contribution >= 4 is 15.7 Å². The summed E-state index contributed by atoms with van der Waals surface area (Å²) in [6.07, 6.45) is 6.15. The Labute approximate surface area is 116 Å². The quantitative estimate of drug-likeness (QED) is 0.840. The van der Waals surface area contributed by atoms with Crippen LogP contribution in [-0.4, -0.2) is 31.9 Å². The molecule has 4 nitrogen and oxygen atoms in total. The van der Waals surface area contributed by atoms with E-state index in [1.54, 1.807) is 0 Å². The molecule has 1 N–H and O–H groups in total. The van der Waals surface area contributed by atoms with E-state index in [0.29, 0.717) is 17.9 Å². The third-order valence-corrected chi connectivity index (χ3v) is 6.41. The SMILES string of the molecule is CC1(C)CCCC(CNC(=O)CS(=O)(=O)C2CC2)C1. The van der Waals surface area contributed by atoms with E-state index >= 15 is 0 Å². The van der Waals surface area contributed by atoms with Gasteiger partial charge in [-0.2, -0.15) is 0 Å². The maximum atomic E-state index is 11.7. The van der Waals surface area contributed by atoms with Gasteiger partial charge in [-0.05, 0) is 43.4 Å². The number of amides is 1. The maximum Gasteiger partial charge on any atom is 0.235 e. The Hall–Kier alpha value is -0.580. The van der Waals surface area contributed by atoms with Crippen LogP contribution in [0.2, 0.25) is 0 Å². The second-order valence-corrected chi connectivity index (χ2v) is 9.22. The highest BCUT2D eigenvalue weighted by Crippen LogP contribution is 2.38. The molecule has 2 aliphatic rings. The minimum absolute atomic E-state index is 0.244. The smallest absolute Gasteiger partial charge is 0.235 e. The Bertz CT molecular complexity index is 438. The second-order valence-electron chi connectivity index (χ2n) is 6.94. The Morgan fingerprint density at radius 3 is 2.53 bits per heavy atom. The van der Waals surface area contributed by atoms with Crippen LogP contribution in [0.25, 0.3) is 0 Å². The molecule has 5 heteroatoms. The number of rotatable bonds is 5. The highest BCUT2D eigenvalue weighted by atomic mass is 32.2.